The van der Waals surface area contributed by atoms with Gasteiger partial charge >= 0.3 is 6.03 Å². The average Bonchev–Trinajstić information content (AvgIpc) is 3.54. The molecule has 9 rings (SSSR count). The minimum absolute atomic E-state index is 0.103. The lowest BCUT2D eigenvalue weighted by molar-refractivity contribution is -0.136. The van der Waals surface area contributed by atoms with Crippen LogP contribution in [0.15, 0.2) is 41.3 Å². The van der Waals surface area contributed by atoms with E-state index in [9.17, 15) is 28.8 Å². The number of ether oxygens (including phenoxy) is 2. The van der Waals surface area contributed by atoms with Gasteiger partial charge in [-0.25, -0.2) is 4.79 Å². The van der Waals surface area contributed by atoms with Crippen molar-refractivity contribution in [3.63, 3.8) is 0 Å². The molecule has 4 fully saturated rings. The number of hydrogen-bond acceptors (Lipinski definition) is 12. The maximum Gasteiger partial charge on any atom is 0.317 e. The lowest BCUT2D eigenvalue weighted by atomic mass is 9.56. The molecule has 3 aromatic rings. The molecule has 6 amide bonds. The molecule has 1 spiro atoms. The zero-order chi connectivity index (χ0) is 45.7. The van der Waals surface area contributed by atoms with Crippen molar-refractivity contribution in [1.29, 1.82) is 0 Å². The first-order valence-corrected chi connectivity index (χ1v) is 24.0. The quantitative estimate of drug-likeness (QED) is 0.118. The minimum atomic E-state index is -0.954. The Bertz CT molecular complexity index is 2440. The fourth-order valence-electron chi connectivity index (χ4n) is 11.6. The lowest BCUT2D eigenvalue weighted by Gasteiger charge is -2.53. The molecule has 6 heterocycles. The summed E-state index contributed by atoms with van der Waals surface area (Å²) in [6, 6.07) is 8.39. The summed E-state index contributed by atoms with van der Waals surface area (Å²) in [5.41, 5.74) is 6.09. The molecule has 15 nitrogen and oxygen atoms in total. The summed E-state index contributed by atoms with van der Waals surface area (Å²) in [6.45, 7) is 6.72. The molecule has 6 aliphatic rings. The molecule has 346 valence electrons. The smallest absolute Gasteiger partial charge is 0.317 e. The van der Waals surface area contributed by atoms with E-state index in [1.165, 1.54) is 30.3 Å². The van der Waals surface area contributed by atoms with Crippen LogP contribution in [0.25, 0.3) is 11.1 Å². The van der Waals surface area contributed by atoms with E-state index in [4.69, 9.17) is 9.47 Å². The third-order valence-corrected chi connectivity index (χ3v) is 15.6. The number of piperidine rings is 3. The number of urea groups is 1. The van der Waals surface area contributed by atoms with Gasteiger partial charge in [0.25, 0.3) is 17.4 Å². The first-order chi connectivity index (χ1) is 31.3. The van der Waals surface area contributed by atoms with Gasteiger partial charge < -0.3 is 24.6 Å². The highest BCUT2D eigenvalue weighted by molar-refractivity contribution is 7.98. The normalized spacial score (nSPS) is 21.7. The Morgan fingerprint density at radius 1 is 0.831 bits per heavy atom. The molecule has 1 aromatic heterocycles. The van der Waals surface area contributed by atoms with Gasteiger partial charge in [0.05, 0.1) is 37.5 Å². The van der Waals surface area contributed by atoms with Crippen LogP contribution in [-0.4, -0.2) is 120 Å². The van der Waals surface area contributed by atoms with E-state index in [1.54, 1.807) is 38.4 Å². The van der Waals surface area contributed by atoms with Crippen LogP contribution in [0.2, 0.25) is 0 Å². The molecule has 5 aliphatic heterocycles. The SMILES string of the molecule is CNC(=O)N1CCc2c(-c3cc(OC)c(CN4CCC(CN5CCC6(CC5)CC(Cc5ccc7c(c5)C(=O)N(C5CCC(=O)NC5=O)C7=O)C6)CC4)c(OC)c3)cn(C(S)S)c(=O)c2C1. The topological polar surface area (TPSA) is 163 Å². The maximum absolute atomic E-state index is 13.6. The second kappa shape index (κ2) is 18.4. The molecular formula is C48H59N7O8S2. The predicted molar refractivity (Wildman–Crippen MR) is 250 cm³/mol. The van der Waals surface area contributed by atoms with E-state index in [2.05, 4.69) is 45.7 Å². The van der Waals surface area contributed by atoms with Crippen molar-refractivity contribution < 1.29 is 33.4 Å². The summed E-state index contributed by atoms with van der Waals surface area (Å²) in [6.07, 6.45) is 10.5. The molecule has 2 N–H and O–H groups in total. The predicted octanol–water partition coefficient (Wildman–Crippen LogP) is 4.89. The Hall–Kier alpha value is -4.84. The summed E-state index contributed by atoms with van der Waals surface area (Å²) >= 11 is 8.97. The van der Waals surface area contributed by atoms with Crippen molar-refractivity contribution in [3.8, 4) is 22.6 Å². The Morgan fingerprint density at radius 2 is 1.52 bits per heavy atom. The number of amides is 6. The number of likely N-dealkylation sites (tertiary alicyclic amines) is 2. The fourth-order valence-corrected chi connectivity index (χ4v) is 11.9. The monoisotopic (exact) mass is 925 g/mol. The lowest BCUT2D eigenvalue weighted by Crippen LogP contribution is -2.54. The van der Waals surface area contributed by atoms with Crippen molar-refractivity contribution in [1.82, 2.24) is 34.8 Å². The molecule has 0 radical (unpaired) electrons. The van der Waals surface area contributed by atoms with Gasteiger partial charge in [0, 0.05) is 50.4 Å². The van der Waals surface area contributed by atoms with Crippen LogP contribution >= 0.6 is 25.3 Å². The van der Waals surface area contributed by atoms with Crippen LogP contribution in [0.1, 0.15) is 99.0 Å². The van der Waals surface area contributed by atoms with Crippen LogP contribution in [0.3, 0.4) is 0 Å². The minimum Gasteiger partial charge on any atom is -0.496 e. The molecule has 2 aromatic carbocycles. The van der Waals surface area contributed by atoms with Crippen molar-refractivity contribution in [3.05, 3.63) is 80.3 Å². The zero-order valence-electron chi connectivity index (χ0n) is 37.4. The van der Waals surface area contributed by atoms with Crippen LogP contribution in [0, 0.1) is 17.3 Å². The summed E-state index contributed by atoms with van der Waals surface area (Å²) < 4.78 is 12.9. The van der Waals surface area contributed by atoms with Gasteiger partial charge in [0.1, 0.15) is 22.2 Å². The number of imide groups is 2. The van der Waals surface area contributed by atoms with Gasteiger partial charge in [-0.05, 0) is 142 Å². The molecule has 1 saturated carbocycles. The van der Waals surface area contributed by atoms with E-state index in [-0.39, 0.29) is 36.9 Å². The molecular weight excluding hydrogens is 867 g/mol. The molecule has 65 heavy (non-hydrogen) atoms. The van der Waals surface area contributed by atoms with Crippen LogP contribution in [0.5, 0.6) is 11.5 Å². The van der Waals surface area contributed by atoms with Crippen LogP contribution in [-0.2, 0) is 35.5 Å². The molecule has 17 heteroatoms. The van der Waals surface area contributed by atoms with Crippen LogP contribution in [0.4, 0.5) is 4.79 Å². The van der Waals surface area contributed by atoms with Crippen molar-refractivity contribution in [2.75, 3.05) is 60.5 Å². The highest BCUT2D eigenvalue weighted by Gasteiger charge is 2.47. The third kappa shape index (κ3) is 8.81. The van der Waals surface area contributed by atoms with Crippen molar-refractivity contribution in [2.45, 2.75) is 88.0 Å². The van der Waals surface area contributed by atoms with E-state index in [1.807, 2.05) is 24.3 Å². The summed E-state index contributed by atoms with van der Waals surface area (Å²) in [5, 5.41) is 4.93. The van der Waals surface area contributed by atoms with E-state index < -0.39 is 28.5 Å². The average molecular weight is 926 g/mol. The number of pyridine rings is 1. The fraction of sp³-hybridized carbons (Fsp3) is 0.542. The number of aromatic nitrogens is 1. The number of fused-ring (bicyclic) bond motifs is 2. The Labute approximate surface area is 390 Å². The second-order valence-corrected chi connectivity index (χ2v) is 20.4. The number of rotatable bonds is 11. The highest BCUT2D eigenvalue weighted by Crippen LogP contribution is 2.54. The second-order valence-electron chi connectivity index (χ2n) is 19.0. The van der Waals surface area contributed by atoms with Gasteiger partial charge in [-0.15, -0.1) is 25.3 Å². The van der Waals surface area contributed by atoms with E-state index >= 15 is 0 Å². The first-order valence-electron chi connectivity index (χ1n) is 22.9. The van der Waals surface area contributed by atoms with Gasteiger partial charge in [0.2, 0.25) is 11.8 Å². The summed E-state index contributed by atoms with van der Waals surface area (Å²) in [5.74, 6) is 0.746. The number of nitrogens with one attached hydrogen (secondary N) is 2. The molecule has 1 unspecified atom stereocenters. The Kier molecular flexibility index (Phi) is 12.9. The molecule has 1 atom stereocenters. The van der Waals surface area contributed by atoms with Gasteiger partial charge in [-0.3, -0.25) is 43.7 Å². The number of carbonyl (C=O) groups excluding carboxylic acids is 5. The number of carbonyl (C=O) groups is 5. The largest absolute Gasteiger partial charge is 0.496 e. The van der Waals surface area contributed by atoms with E-state index in [0.29, 0.717) is 53.5 Å². The maximum atomic E-state index is 13.6. The van der Waals surface area contributed by atoms with E-state index in [0.717, 1.165) is 96.2 Å². The Morgan fingerprint density at radius 3 is 2.17 bits per heavy atom. The number of methoxy groups -OCH3 is 2. The standard InChI is InChI=1S/C48H59N7O8S2/c1-49-46(61)53-15-10-32-35(27-54(47(64)65)43(58)36(32)26-53)31-20-39(62-2)37(40(21-31)63-3)25-51-13-8-28(9-14-51)24-52-16-11-48(12-17-52)22-30(23-48)18-29-4-5-33-34(19-29)45(60)55(44(33)59)38-6-7-41(56)50-42(38)57/h4-5,19-21,27-28,30,38,47,64-65H,6-18,22-26H2,1-3H3,(H,49,61)(H,50,56,57). The van der Waals surface area contributed by atoms with Crippen molar-refractivity contribution in [2.24, 2.45) is 17.3 Å². The van der Waals surface area contributed by atoms with Crippen molar-refractivity contribution >= 4 is 54.9 Å². The molecule has 0 bridgehead atoms. The molecule has 3 saturated heterocycles. The number of thiol groups is 2. The third-order valence-electron chi connectivity index (χ3n) is 15.1. The molecule has 1 aliphatic carbocycles. The highest BCUT2D eigenvalue weighted by atomic mass is 32.2. The first kappa shape index (κ1) is 45.3. The summed E-state index contributed by atoms with van der Waals surface area (Å²) in [4.78, 5) is 84.5. The van der Waals surface area contributed by atoms with Gasteiger partial charge in [-0.2, -0.15) is 0 Å². The van der Waals surface area contributed by atoms with Gasteiger partial charge in [0.15, 0.2) is 0 Å². The van der Waals surface area contributed by atoms with Gasteiger partial charge in [-0.1, -0.05) is 6.07 Å². The number of nitrogens with zero attached hydrogens (tertiary/aromatic N) is 5. The number of hydrogen-bond donors (Lipinski definition) is 4. The van der Waals surface area contributed by atoms with Crippen LogP contribution < -0.4 is 25.7 Å². The Balaban J connectivity index is 0.766. The number of benzene rings is 2. The summed E-state index contributed by atoms with van der Waals surface area (Å²) in [7, 11) is 4.95. The zero-order valence-corrected chi connectivity index (χ0v) is 39.2.